The molecule has 1 fully saturated rings. The molecule has 1 amide bonds. The van der Waals surface area contributed by atoms with Gasteiger partial charge in [0.2, 0.25) is 0 Å². The largest absolute Gasteiger partial charge is 0.467 e. The normalized spacial score (nSPS) is 22.4. The molecule has 1 saturated heterocycles. The Kier molecular flexibility index (Phi) is 10.3. The summed E-state index contributed by atoms with van der Waals surface area (Å²) < 4.78 is 37.4. The molecule has 13 nitrogen and oxygen atoms in total. The van der Waals surface area contributed by atoms with Crippen LogP contribution in [-0.4, -0.2) is 87.5 Å². The molecule has 0 spiro atoms. The number of benzene rings is 2. The average molecular weight is 600 g/mol. The standard InChI is InChI=1S/C30H33NO12/c1-16(32)40-24-25(41-17(2)33)27(42-18(3)34)29(43-26(24)28(35)37-4)38-14-13-31-30(36)39-15-23-21-11-7-5-9-19(21)20-10-6-8-12-22(20)23/h5-12,23-27,29H,13-15H2,1-4H3,(H,31,36)/t24-,25?,26?,27-,29+/m0/s1. The predicted molar refractivity (Wildman–Crippen MR) is 146 cm³/mol. The Morgan fingerprint density at radius 3 is 1.86 bits per heavy atom. The van der Waals surface area contributed by atoms with Crippen LogP contribution in [0.3, 0.4) is 0 Å². The first-order valence-electron chi connectivity index (χ1n) is 13.6. The van der Waals surface area contributed by atoms with Gasteiger partial charge in [-0.25, -0.2) is 9.59 Å². The number of ether oxygens (including phenoxy) is 7. The van der Waals surface area contributed by atoms with Crippen molar-refractivity contribution in [1.82, 2.24) is 5.32 Å². The van der Waals surface area contributed by atoms with Gasteiger partial charge >= 0.3 is 30.0 Å². The van der Waals surface area contributed by atoms with Crippen molar-refractivity contribution in [1.29, 1.82) is 0 Å². The highest BCUT2D eigenvalue weighted by atomic mass is 16.7. The Morgan fingerprint density at radius 1 is 0.767 bits per heavy atom. The summed E-state index contributed by atoms with van der Waals surface area (Å²) in [6.07, 6.45) is -8.13. The van der Waals surface area contributed by atoms with Crippen LogP contribution in [0.2, 0.25) is 0 Å². The zero-order valence-corrected chi connectivity index (χ0v) is 24.1. The molecule has 0 aromatic heterocycles. The highest BCUT2D eigenvalue weighted by molar-refractivity contribution is 5.79. The van der Waals surface area contributed by atoms with Crippen LogP contribution in [0.4, 0.5) is 4.79 Å². The first kappa shape index (κ1) is 31.4. The fourth-order valence-corrected chi connectivity index (χ4v) is 5.19. The van der Waals surface area contributed by atoms with Gasteiger partial charge in [0, 0.05) is 33.2 Å². The summed E-state index contributed by atoms with van der Waals surface area (Å²) in [7, 11) is 1.09. The van der Waals surface area contributed by atoms with Gasteiger partial charge in [-0.15, -0.1) is 0 Å². The van der Waals surface area contributed by atoms with Crippen molar-refractivity contribution in [3.63, 3.8) is 0 Å². The number of hydrogen-bond donors (Lipinski definition) is 1. The molecule has 0 radical (unpaired) electrons. The van der Waals surface area contributed by atoms with Gasteiger partial charge in [-0.05, 0) is 22.3 Å². The molecule has 2 aromatic rings. The minimum Gasteiger partial charge on any atom is -0.467 e. The molecule has 5 atom stereocenters. The molecule has 0 bridgehead atoms. The number of rotatable bonds is 10. The molecule has 2 aromatic carbocycles. The molecule has 2 unspecified atom stereocenters. The number of fused-ring (bicyclic) bond motifs is 3. The molecule has 0 saturated carbocycles. The first-order valence-corrected chi connectivity index (χ1v) is 13.6. The van der Waals surface area contributed by atoms with Crippen LogP contribution in [0.1, 0.15) is 37.8 Å². The predicted octanol–water partition coefficient (Wildman–Crippen LogP) is 2.23. The van der Waals surface area contributed by atoms with E-state index < -0.39 is 60.7 Å². The second-order valence-electron chi connectivity index (χ2n) is 9.79. The Balaban J connectivity index is 1.38. The van der Waals surface area contributed by atoms with E-state index in [0.717, 1.165) is 50.1 Å². The molecule has 43 heavy (non-hydrogen) atoms. The van der Waals surface area contributed by atoms with Crippen molar-refractivity contribution in [3.8, 4) is 11.1 Å². The average Bonchev–Trinajstić information content (AvgIpc) is 3.29. The lowest BCUT2D eigenvalue weighted by Crippen LogP contribution is -2.64. The van der Waals surface area contributed by atoms with Gasteiger partial charge < -0.3 is 38.5 Å². The van der Waals surface area contributed by atoms with Crippen molar-refractivity contribution in [3.05, 3.63) is 59.7 Å². The lowest BCUT2D eigenvalue weighted by Gasteiger charge is -2.43. The summed E-state index contributed by atoms with van der Waals surface area (Å²) in [6, 6.07) is 15.9. The quantitative estimate of drug-likeness (QED) is 0.241. The summed E-state index contributed by atoms with van der Waals surface area (Å²) in [6.45, 7) is 3.14. The topological polar surface area (TPSA) is 162 Å². The van der Waals surface area contributed by atoms with Gasteiger partial charge in [-0.3, -0.25) is 14.4 Å². The molecule has 13 heteroatoms. The van der Waals surface area contributed by atoms with Gasteiger partial charge in [-0.2, -0.15) is 0 Å². The maximum atomic E-state index is 12.5. The van der Waals surface area contributed by atoms with E-state index in [0.29, 0.717) is 0 Å². The second kappa shape index (κ2) is 14.1. The number of amides is 1. The highest BCUT2D eigenvalue weighted by Crippen LogP contribution is 2.44. The lowest BCUT2D eigenvalue weighted by atomic mass is 9.97. The van der Waals surface area contributed by atoms with Crippen LogP contribution in [0.25, 0.3) is 11.1 Å². The monoisotopic (exact) mass is 599 g/mol. The maximum Gasteiger partial charge on any atom is 0.407 e. The van der Waals surface area contributed by atoms with Crippen LogP contribution in [0.5, 0.6) is 0 Å². The molecular weight excluding hydrogens is 566 g/mol. The van der Waals surface area contributed by atoms with Crippen molar-refractivity contribution < 1.29 is 57.1 Å². The van der Waals surface area contributed by atoms with E-state index in [-0.39, 0.29) is 25.7 Å². The summed E-state index contributed by atoms with van der Waals surface area (Å²) in [5, 5.41) is 2.58. The first-order chi connectivity index (χ1) is 20.6. The number of nitrogens with one attached hydrogen (secondary N) is 1. The fourth-order valence-electron chi connectivity index (χ4n) is 5.19. The number of hydrogen-bond acceptors (Lipinski definition) is 12. The molecule has 1 aliphatic heterocycles. The summed E-state index contributed by atoms with van der Waals surface area (Å²) in [5.74, 6) is -3.47. The molecular formula is C30H33NO12. The third-order valence-electron chi connectivity index (χ3n) is 6.83. The second-order valence-corrected chi connectivity index (χ2v) is 9.79. The van der Waals surface area contributed by atoms with E-state index in [1.807, 2.05) is 48.5 Å². The number of carbonyl (C=O) groups excluding carboxylic acids is 5. The zero-order chi connectivity index (χ0) is 31.1. The van der Waals surface area contributed by atoms with Crippen LogP contribution in [0.15, 0.2) is 48.5 Å². The Bertz CT molecular complexity index is 1310. The Morgan fingerprint density at radius 2 is 1.30 bits per heavy atom. The number of methoxy groups -OCH3 is 1. The molecule has 4 rings (SSSR count). The summed E-state index contributed by atoms with van der Waals surface area (Å²) in [5.41, 5.74) is 4.34. The van der Waals surface area contributed by atoms with Crippen molar-refractivity contribution in [2.75, 3.05) is 26.9 Å². The summed E-state index contributed by atoms with van der Waals surface area (Å²) >= 11 is 0. The van der Waals surface area contributed by atoms with E-state index in [1.165, 1.54) is 0 Å². The third-order valence-corrected chi connectivity index (χ3v) is 6.83. The van der Waals surface area contributed by atoms with E-state index in [4.69, 9.17) is 33.2 Å². The third kappa shape index (κ3) is 7.48. The lowest BCUT2D eigenvalue weighted by molar-refractivity contribution is -0.301. The smallest absolute Gasteiger partial charge is 0.407 e. The van der Waals surface area contributed by atoms with Crippen LogP contribution in [0, 0.1) is 0 Å². The maximum absolute atomic E-state index is 12.5. The van der Waals surface area contributed by atoms with Crippen LogP contribution >= 0.6 is 0 Å². The minimum absolute atomic E-state index is 0.0577. The van der Waals surface area contributed by atoms with E-state index in [9.17, 15) is 24.0 Å². The number of esters is 4. The number of alkyl carbamates (subject to hydrolysis) is 1. The van der Waals surface area contributed by atoms with Crippen LogP contribution < -0.4 is 5.32 Å². The Labute approximate surface area is 247 Å². The van der Waals surface area contributed by atoms with Gasteiger partial charge in [0.1, 0.15) is 6.61 Å². The van der Waals surface area contributed by atoms with Crippen molar-refractivity contribution in [2.24, 2.45) is 0 Å². The molecule has 2 aliphatic rings. The zero-order valence-electron chi connectivity index (χ0n) is 24.1. The van der Waals surface area contributed by atoms with Crippen molar-refractivity contribution in [2.45, 2.75) is 57.4 Å². The minimum atomic E-state index is -1.58. The molecule has 1 aliphatic carbocycles. The van der Waals surface area contributed by atoms with Gasteiger partial charge in [0.15, 0.2) is 30.7 Å². The van der Waals surface area contributed by atoms with Gasteiger partial charge in [0.05, 0.1) is 13.7 Å². The summed E-state index contributed by atoms with van der Waals surface area (Å²) in [4.78, 5) is 60.6. The van der Waals surface area contributed by atoms with Gasteiger partial charge in [-0.1, -0.05) is 48.5 Å². The van der Waals surface area contributed by atoms with Crippen molar-refractivity contribution >= 4 is 30.0 Å². The Hall–Kier alpha value is -4.49. The van der Waals surface area contributed by atoms with Crippen LogP contribution in [-0.2, 0) is 52.3 Å². The molecule has 1 N–H and O–H groups in total. The molecule has 230 valence electrons. The van der Waals surface area contributed by atoms with E-state index in [2.05, 4.69) is 5.32 Å². The number of carbonyl (C=O) groups is 5. The van der Waals surface area contributed by atoms with E-state index in [1.54, 1.807) is 0 Å². The van der Waals surface area contributed by atoms with E-state index >= 15 is 0 Å². The van der Waals surface area contributed by atoms with Gasteiger partial charge in [0.25, 0.3) is 0 Å². The highest BCUT2D eigenvalue weighted by Gasteiger charge is 2.55. The fraction of sp³-hybridized carbons (Fsp3) is 0.433. The SMILES string of the molecule is COC(=O)C1O[C@@H](OCCNC(=O)OCC2c3ccccc3-c3ccccc32)[C@@H](OC(C)=O)C(OC(C)=O)[C@@H]1OC(C)=O. The molecule has 1 heterocycles.